The summed E-state index contributed by atoms with van der Waals surface area (Å²) in [7, 11) is 1.19. The summed E-state index contributed by atoms with van der Waals surface area (Å²) in [5.41, 5.74) is 0. The van der Waals surface area contributed by atoms with Crippen molar-refractivity contribution in [2.24, 2.45) is 0 Å². The molecular formula is C80H156NO8P. The summed E-state index contributed by atoms with van der Waals surface area (Å²) in [4.78, 5) is 38.1. The van der Waals surface area contributed by atoms with E-state index in [-0.39, 0.29) is 32.0 Å². The second kappa shape index (κ2) is 71.8. The van der Waals surface area contributed by atoms with Crippen LogP contribution >= 0.6 is 7.82 Å². The Balaban J connectivity index is 3.88. The standard InChI is InChI=1S/C80H156NO8P/c1-6-8-10-12-14-16-18-20-22-24-26-28-30-32-34-35-36-37-38-39-40-41-42-43-44-45-47-49-51-53-55-57-59-61-63-65-67-69-71-73-80(83)89-78(77-88-90(84,85)87-75-74-81(3,4)5)76-86-79(82)72-70-68-66-64-62-60-58-56-54-52-50-48-46-33-31-29-27-25-23-21-19-17-15-13-11-9-7-2/h24-27,78H,6-23,28-77H2,1-5H3/b26-24-,27-25-. The number of unbranched alkanes of at least 4 members (excludes halogenated alkanes) is 58. The summed E-state index contributed by atoms with van der Waals surface area (Å²) < 4.78 is 34.4. The molecule has 2 unspecified atom stereocenters. The van der Waals surface area contributed by atoms with Crippen molar-refractivity contribution in [1.29, 1.82) is 0 Å². The maximum absolute atomic E-state index is 12.9. The smallest absolute Gasteiger partial charge is 0.306 e. The van der Waals surface area contributed by atoms with Crippen molar-refractivity contribution in [3.05, 3.63) is 24.3 Å². The number of carbonyl (C=O) groups excluding carboxylic acids is 2. The van der Waals surface area contributed by atoms with Gasteiger partial charge in [0.05, 0.1) is 27.7 Å². The molecule has 0 heterocycles. The van der Waals surface area contributed by atoms with Gasteiger partial charge in [-0.15, -0.1) is 0 Å². The highest BCUT2D eigenvalue weighted by molar-refractivity contribution is 7.45. The third kappa shape index (κ3) is 75.5. The van der Waals surface area contributed by atoms with Crippen LogP contribution in [-0.4, -0.2) is 70.0 Å². The number of esters is 2. The molecule has 0 aliphatic heterocycles. The van der Waals surface area contributed by atoms with Crippen molar-refractivity contribution in [2.45, 2.75) is 431 Å². The largest absolute Gasteiger partial charge is 0.756 e. The summed E-state index contributed by atoms with van der Waals surface area (Å²) in [6, 6.07) is 0. The first-order valence-corrected chi connectivity index (χ1v) is 41.5. The SMILES string of the molecule is CCCCCCCCCC/C=C\CCCCCCCCCCCCCCCCCCCCCCCCCCCCCC(=O)OC(COC(=O)CCCCCCCCCCCCCCCCC/C=C\CCCCCCCCCC)COP(=O)([O-])OCC[N+](C)(C)C. The van der Waals surface area contributed by atoms with E-state index in [1.165, 1.54) is 360 Å². The zero-order chi connectivity index (χ0) is 65.5. The van der Waals surface area contributed by atoms with Crippen LogP contribution in [0.25, 0.3) is 0 Å². The summed E-state index contributed by atoms with van der Waals surface area (Å²) >= 11 is 0. The average molecular weight is 1290 g/mol. The van der Waals surface area contributed by atoms with Gasteiger partial charge in [-0.2, -0.15) is 0 Å². The van der Waals surface area contributed by atoms with Gasteiger partial charge in [0, 0.05) is 12.8 Å². The molecule has 9 nitrogen and oxygen atoms in total. The highest BCUT2D eigenvalue weighted by Crippen LogP contribution is 2.38. The fourth-order valence-electron chi connectivity index (χ4n) is 12.3. The van der Waals surface area contributed by atoms with Crippen LogP contribution in [0.15, 0.2) is 24.3 Å². The minimum Gasteiger partial charge on any atom is -0.756 e. The Labute approximate surface area is 561 Å². The van der Waals surface area contributed by atoms with Crippen LogP contribution in [0.3, 0.4) is 0 Å². The van der Waals surface area contributed by atoms with Crippen molar-refractivity contribution < 1.29 is 42.1 Å². The van der Waals surface area contributed by atoms with Gasteiger partial charge in [0.1, 0.15) is 19.8 Å². The number of likely N-dealkylation sites (N-methyl/N-ethyl adjacent to an activating group) is 1. The monoisotopic (exact) mass is 1290 g/mol. The number of nitrogens with zero attached hydrogens (tertiary/aromatic N) is 1. The predicted octanol–water partition coefficient (Wildman–Crippen LogP) is 25.8. The fraction of sp³-hybridized carbons (Fsp3) is 0.925. The average Bonchev–Trinajstić information content (AvgIpc) is 3.58. The van der Waals surface area contributed by atoms with Crippen molar-refractivity contribution >= 4 is 19.8 Å². The lowest BCUT2D eigenvalue weighted by Crippen LogP contribution is -2.37. The van der Waals surface area contributed by atoms with Gasteiger partial charge in [-0.25, -0.2) is 0 Å². The summed E-state index contributed by atoms with van der Waals surface area (Å²) in [6.07, 6.45) is 91.7. The number of carbonyl (C=O) groups is 2. The number of quaternary nitrogens is 1. The lowest BCUT2D eigenvalue weighted by molar-refractivity contribution is -0.870. The lowest BCUT2D eigenvalue weighted by atomic mass is 10.0. The molecule has 0 bridgehead atoms. The molecule has 2 atom stereocenters. The molecule has 0 aromatic rings. The van der Waals surface area contributed by atoms with Crippen molar-refractivity contribution in [3.8, 4) is 0 Å². The summed E-state index contributed by atoms with van der Waals surface area (Å²) in [6.45, 7) is 4.33. The van der Waals surface area contributed by atoms with Crippen LogP contribution in [0.4, 0.5) is 0 Å². The molecule has 10 heteroatoms. The zero-order valence-corrected chi connectivity index (χ0v) is 62.0. The first-order chi connectivity index (χ1) is 44.0. The Bertz CT molecular complexity index is 1560. The van der Waals surface area contributed by atoms with Gasteiger partial charge >= 0.3 is 11.9 Å². The highest BCUT2D eigenvalue weighted by Gasteiger charge is 2.22. The lowest BCUT2D eigenvalue weighted by Gasteiger charge is -2.28. The molecule has 0 aromatic carbocycles. The highest BCUT2D eigenvalue weighted by atomic mass is 31.2. The second-order valence-electron chi connectivity index (χ2n) is 28.8. The summed E-state index contributed by atoms with van der Waals surface area (Å²) in [5.74, 6) is -0.806. The first kappa shape index (κ1) is 88.5. The summed E-state index contributed by atoms with van der Waals surface area (Å²) in [5, 5.41) is 0. The molecule has 0 aromatic heterocycles. The number of rotatable bonds is 76. The molecule has 0 fully saturated rings. The third-order valence-corrected chi connectivity index (χ3v) is 19.4. The maximum atomic E-state index is 12.9. The Kier molecular flexibility index (Phi) is 70.6. The number of allylic oxidation sites excluding steroid dienone is 4. The normalized spacial score (nSPS) is 13.1. The predicted molar refractivity (Wildman–Crippen MR) is 388 cm³/mol. The van der Waals surface area contributed by atoms with E-state index in [9.17, 15) is 19.0 Å². The van der Waals surface area contributed by atoms with Crippen LogP contribution in [0.2, 0.25) is 0 Å². The van der Waals surface area contributed by atoms with Crippen LogP contribution in [0, 0.1) is 0 Å². The van der Waals surface area contributed by atoms with E-state index < -0.39 is 26.5 Å². The van der Waals surface area contributed by atoms with E-state index in [0.717, 1.165) is 32.1 Å². The van der Waals surface area contributed by atoms with E-state index in [0.29, 0.717) is 17.4 Å². The van der Waals surface area contributed by atoms with Crippen LogP contribution in [0.1, 0.15) is 425 Å². The van der Waals surface area contributed by atoms with Crippen molar-refractivity contribution in [2.75, 3.05) is 47.5 Å². The van der Waals surface area contributed by atoms with Crippen LogP contribution < -0.4 is 4.89 Å². The van der Waals surface area contributed by atoms with Gasteiger partial charge in [0.25, 0.3) is 7.82 Å². The Hall–Kier alpha value is -1.51. The molecule has 0 aliphatic carbocycles. The molecule has 534 valence electrons. The van der Waals surface area contributed by atoms with Gasteiger partial charge in [-0.1, -0.05) is 372 Å². The van der Waals surface area contributed by atoms with Crippen LogP contribution in [-0.2, 0) is 32.7 Å². The molecular weight excluding hydrogens is 1130 g/mol. The second-order valence-corrected chi connectivity index (χ2v) is 30.2. The number of ether oxygens (including phenoxy) is 2. The molecule has 0 saturated heterocycles. The molecule has 0 rings (SSSR count). The van der Waals surface area contributed by atoms with Gasteiger partial charge in [-0.3, -0.25) is 14.2 Å². The zero-order valence-electron chi connectivity index (χ0n) is 61.1. The minimum atomic E-state index is -4.64. The van der Waals surface area contributed by atoms with Gasteiger partial charge < -0.3 is 27.9 Å². The fourth-order valence-corrected chi connectivity index (χ4v) is 13.0. The first-order valence-electron chi connectivity index (χ1n) is 40.0. The third-order valence-electron chi connectivity index (χ3n) is 18.4. The molecule has 0 radical (unpaired) electrons. The minimum absolute atomic E-state index is 0.0266. The van der Waals surface area contributed by atoms with Gasteiger partial charge in [-0.05, 0) is 64.2 Å². The van der Waals surface area contributed by atoms with E-state index in [2.05, 4.69) is 38.2 Å². The van der Waals surface area contributed by atoms with Crippen molar-refractivity contribution in [1.82, 2.24) is 0 Å². The van der Waals surface area contributed by atoms with Crippen LogP contribution in [0.5, 0.6) is 0 Å². The van der Waals surface area contributed by atoms with E-state index >= 15 is 0 Å². The van der Waals surface area contributed by atoms with E-state index in [1.807, 2.05) is 21.1 Å². The topological polar surface area (TPSA) is 111 Å². The Morgan fingerprint density at radius 3 is 0.822 bits per heavy atom. The molecule has 0 saturated carbocycles. The number of phosphoric acid groups is 1. The number of phosphoric ester groups is 1. The molecule has 0 amide bonds. The van der Waals surface area contributed by atoms with Gasteiger partial charge in [0.2, 0.25) is 0 Å². The maximum Gasteiger partial charge on any atom is 0.306 e. The van der Waals surface area contributed by atoms with E-state index in [1.54, 1.807) is 0 Å². The number of hydrogen-bond donors (Lipinski definition) is 0. The molecule has 0 N–H and O–H groups in total. The molecule has 0 aliphatic rings. The Morgan fingerprint density at radius 1 is 0.333 bits per heavy atom. The molecule has 0 spiro atoms. The van der Waals surface area contributed by atoms with Gasteiger partial charge in [0.15, 0.2) is 6.10 Å². The quantitative estimate of drug-likeness (QED) is 0.0195. The van der Waals surface area contributed by atoms with Crippen molar-refractivity contribution in [3.63, 3.8) is 0 Å². The van der Waals surface area contributed by atoms with E-state index in [4.69, 9.17) is 18.5 Å². The Morgan fingerprint density at radius 2 is 0.567 bits per heavy atom. The molecule has 90 heavy (non-hydrogen) atoms. The number of hydrogen-bond acceptors (Lipinski definition) is 8.